The fraction of sp³-hybridized carbons (Fsp3) is 0.714. The Morgan fingerprint density at radius 2 is 2.11 bits per heavy atom. The van der Waals surface area contributed by atoms with Crippen molar-refractivity contribution in [3.05, 3.63) is 17.0 Å². The normalized spacial score (nSPS) is 16.6. The Morgan fingerprint density at radius 3 is 2.63 bits per heavy atom. The Morgan fingerprint density at radius 1 is 1.42 bits per heavy atom. The molecule has 1 N–H and O–H groups in total. The molecule has 0 saturated carbocycles. The van der Waals surface area contributed by atoms with Gasteiger partial charge in [-0.05, 0) is 46.7 Å². The van der Waals surface area contributed by atoms with Crippen LogP contribution < -0.4 is 5.32 Å². The summed E-state index contributed by atoms with van der Waals surface area (Å²) in [5, 5.41) is 7.24. The number of carbonyl (C=O) groups is 1. The first-order valence-corrected chi connectivity index (χ1v) is 7.05. The molecule has 5 nitrogen and oxygen atoms in total. The predicted octanol–water partition coefficient (Wildman–Crippen LogP) is 1.43. The summed E-state index contributed by atoms with van der Waals surface area (Å²) < 4.78 is 5.12. The topological polar surface area (TPSA) is 58.4 Å². The maximum atomic E-state index is 12.5. The summed E-state index contributed by atoms with van der Waals surface area (Å²) >= 11 is 0. The van der Waals surface area contributed by atoms with E-state index in [9.17, 15) is 4.79 Å². The zero-order valence-electron chi connectivity index (χ0n) is 12.0. The number of piperidine rings is 1. The maximum absolute atomic E-state index is 12.5. The van der Waals surface area contributed by atoms with Gasteiger partial charge in [-0.3, -0.25) is 4.79 Å². The van der Waals surface area contributed by atoms with E-state index in [0.29, 0.717) is 12.5 Å². The smallest absolute Gasteiger partial charge is 0.227 e. The first kappa shape index (κ1) is 14.1. The average molecular weight is 265 g/mol. The molecule has 106 valence electrons. The third-order valence-electron chi connectivity index (χ3n) is 3.92. The van der Waals surface area contributed by atoms with E-state index in [-0.39, 0.29) is 5.91 Å². The van der Waals surface area contributed by atoms with Crippen LogP contribution >= 0.6 is 0 Å². The van der Waals surface area contributed by atoms with Crippen LogP contribution in [0.3, 0.4) is 0 Å². The number of likely N-dealkylation sites (N-methyl/N-ethyl adjacent to an activating group) is 1. The van der Waals surface area contributed by atoms with Gasteiger partial charge in [0.05, 0.1) is 12.1 Å². The zero-order chi connectivity index (χ0) is 13.8. The van der Waals surface area contributed by atoms with Crippen molar-refractivity contribution < 1.29 is 9.32 Å². The Kier molecular flexibility index (Phi) is 4.58. The molecule has 1 aliphatic heterocycles. The lowest BCUT2D eigenvalue weighted by molar-refractivity contribution is -0.133. The Bertz CT molecular complexity index is 416. The summed E-state index contributed by atoms with van der Waals surface area (Å²) in [4.78, 5) is 14.5. The molecule has 0 unspecified atom stereocenters. The molecule has 1 fully saturated rings. The van der Waals surface area contributed by atoms with Crippen molar-refractivity contribution in [1.29, 1.82) is 0 Å². The highest BCUT2D eigenvalue weighted by Gasteiger charge is 2.25. The minimum atomic E-state index is 0.184. The van der Waals surface area contributed by atoms with Gasteiger partial charge in [0, 0.05) is 18.2 Å². The molecule has 2 rings (SSSR count). The predicted molar refractivity (Wildman–Crippen MR) is 73.0 cm³/mol. The average Bonchev–Trinajstić information content (AvgIpc) is 2.73. The molecule has 0 radical (unpaired) electrons. The van der Waals surface area contributed by atoms with Gasteiger partial charge in [-0.15, -0.1) is 0 Å². The van der Waals surface area contributed by atoms with Crippen molar-refractivity contribution in [3.8, 4) is 0 Å². The van der Waals surface area contributed by atoms with Gasteiger partial charge < -0.3 is 14.7 Å². The van der Waals surface area contributed by atoms with Crippen LogP contribution in [-0.2, 0) is 11.2 Å². The lowest BCUT2D eigenvalue weighted by Crippen LogP contribution is -2.46. The van der Waals surface area contributed by atoms with E-state index in [1.807, 2.05) is 25.7 Å². The van der Waals surface area contributed by atoms with Crippen molar-refractivity contribution in [2.45, 2.75) is 46.1 Å². The van der Waals surface area contributed by atoms with Crippen molar-refractivity contribution in [2.24, 2.45) is 0 Å². The number of amides is 1. The molecule has 2 heterocycles. The van der Waals surface area contributed by atoms with Crippen LogP contribution in [0.2, 0.25) is 0 Å². The minimum Gasteiger partial charge on any atom is -0.361 e. The van der Waals surface area contributed by atoms with Crippen LogP contribution in [0, 0.1) is 13.8 Å². The Hall–Kier alpha value is -1.36. The SMILES string of the molecule is CCN(C(=O)Cc1c(C)noc1C)C1CCNCC1. The van der Waals surface area contributed by atoms with Crippen LogP contribution in [0.25, 0.3) is 0 Å². The van der Waals surface area contributed by atoms with Crippen molar-refractivity contribution >= 4 is 5.91 Å². The van der Waals surface area contributed by atoms with Crippen molar-refractivity contribution in [2.75, 3.05) is 19.6 Å². The van der Waals surface area contributed by atoms with E-state index in [0.717, 1.165) is 49.5 Å². The molecule has 1 saturated heterocycles. The lowest BCUT2D eigenvalue weighted by Gasteiger charge is -2.34. The lowest BCUT2D eigenvalue weighted by atomic mass is 10.0. The van der Waals surface area contributed by atoms with Crippen LogP contribution in [0.15, 0.2) is 4.52 Å². The van der Waals surface area contributed by atoms with Crippen LogP contribution in [0.4, 0.5) is 0 Å². The molecule has 0 spiro atoms. The Balaban J connectivity index is 2.04. The summed E-state index contributed by atoms with van der Waals surface area (Å²) in [5.74, 6) is 0.941. The fourth-order valence-electron chi connectivity index (χ4n) is 2.76. The number of carbonyl (C=O) groups excluding carboxylic acids is 1. The van der Waals surface area contributed by atoms with Gasteiger partial charge >= 0.3 is 0 Å². The number of hydrogen-bond acceptors (Lipinski definition) is 4. The third-order valence-corrected chi connectivity index (χ3v) is 3.92. The molecular formula is C14H23N3O2. The van der Waals surface area contributed by atoms with Crippen LogP contribution in [0.5, 0.6) is 0 Å². The first-order chi connectivity index (χ1) is 9.13. The number of aryl methyl sites for hydroxylation is 2. The minimum absolute atomic E-state index is 0.184. The van der Waals surface area contributed by atoms with Gasteiger partial charge in [-0.2, -0.15) is 0 Å². The monoisotopic (exact) mass is 265 g/mol. The second-order valence-electron chi connectivity index (χ2n) is 5.14. The third kappa shape index (κ3) is 3.15. The van der Waals surface area contributed by atoms with Gasteiger partial charge in [0.2, 0.25) is 5.91 Å². The summed E-state index contributed by atoms with van der Waals surface area (Å²) in [7, 11) is 0. The van der Waals surface area contributed by atoms with Crippen LogP contribution in [-0.4, -0.2) is 41.6 Å². The molecule has 19 heavy (non-hydrogen) atoms. The van der Waals surface area contributed by atoms with E-state index in [1.165, 1.54) is 0 Å². The van der Waals surface area contributed by atoms with Gasteiger partial charge in [0.25, 0.3) is 0 Å². The zero-order valence-corrected chi connectivity index (χ0v) is 12.0. The van der Waals surface area contributed by atoms with E-state index in [1.54, 1.807) is 0 Å². The van der Waals surface area contributed by atoms with Crippen molar-refractivity contribution in [1.82, 2.24) is 15.4 Å². The highest BCUT2D eigenvalue weighted by atomic mass is 16.5. The largest absolute Gasteiger partial charge is 0.361 e. The van der Waals surface area contributed by atoms with Crippen molar-refractivity contribution in [3.63, 3.8) is 0 Å². The molecule has 1 aromatic heterocycles. The highest BCUT2D eigenvalue weighted by molar-refractivity contribution is 5.79. The number of rotatable bonds is 4. The summed E-state index contributed by atoms with van der Waals surface area (Å²) in [6.07, 6.45) is 2.49. The molecule has 5 heteroatoms. The molecule has 1 aliphatic rings. The highest BCUT2D eigenvalue weighted by Crippen LogP contribution is 2.17. The van der Waals surface area contributed by atoms with Crippen LogP contribution in [0.1, 0.15) is 36.8 Å². The molecule has 1 amide bonds. The number of nitrogens with zero attached hydrogens (tertiary/aromatic N) is 2. The number of hydrogen-bond donors (Lipinski definition) is 1. The van der Waals surface area contributed by atoms with Gasteiger partial charge in [0.15, 0.2) is 0 Å². The summed E-state index contributed by atoms with van der Waals surface area (Å²) in [6.45, 7) is 8.57. The standard InChI is InChI=1S/C14H23N3O2/c1-4-17(12-5-7-15-8-6-12)14(18)9-13-10(2)16-19-11(13)3/h12,15H,4-9H2,1-3H3. The second-order valence-corrected chi connectivity index (χ2v) is 5.14. The van der Waals surface area contributed by atoms with E-state index in [4.69, 9.17) is 4.52 Å². The maximum Gasteiger partial charge on any atom is 0.227 e. The molecular weight excluding hydrogens is 242 g/mol. The fourth-order valence-corrected chi connectivity index (χ4v) is 2.76. The second kappa shape index (κ2) is 6.19. The molecule has 0 aromatic carbocycles. The van der Waals surface area contributed by atoms with E-state index >= 15 is 0 Å². The molecule has 1 aromatic rings. The molecule has 0 aliphatic carbocycles. The molecule has 0 atom stereocenters. The quantitative estimate of drug-likeness (QED) is 0.895. The first-order valence-electron chi connectivity index (χ1n) is 7.05. The summed E-state index contributed by atoms with van der Waals surface area (Å²) in [6, 6.07) is 0.374. The van der Waals surface area contributed by atoms with Gasteiger partial charge in [0.1, 0.15) is 5.76 Å². The molecule has 0 bridgehead atoms. The van der Waals surface area contributed by atoms with Gasteiger partial charge in [-0.25, -0.2) is 0 Å². The Labute approximate surface area is 114 Å². The van der Waals surface area contributed by atoms with Gasteiger partial charge in [-0.1, -0.05) is 5.16 Å². The van der Waals surface area contributed by atoms with E-state index < -0.39 is 0 Å². The van der Waals surface area contributed by atoms with E-state index in [2.05, 4.69) is 10.5 Å². The summed E-state index contributed by atoms with van der Waals surface area (Å²) in [5.41, 5.74) is 1.77. The number of nitrogens with one attached hydrogen (secondary N) is 1. The number of aromatic nitrogens is 1.